The third-order valence-electron chi connectivity index (χ3n) is 3.18. The van der Waals surface area contributed by atoms with E-state index in [4.69, 9.17) is 4.74 Å². The van der Waals surface area contributed by atoms with E-state index in [0.29, 0.717) is 12.6 Å². The highest BCUT2D eigenvalue weighted by Crippen LogP contribution is 2.31. The summed E-state index contributed by atoms with van der Waals surface area (Å²) in [7, 11) is 0. The van der Waals surface area contributed by atoms with E-state index in [0.717, 1.165) is 30.1 Å². The van der Waals surface area contributed by atoms with Gasteiger partial charge in [-0.15, -0.1) is 0 Å². The number of aliphatic hydroxyl groups is 1. The normalized spacial score (nSPS) is 20.5. The van der Waals surface area contributed by atoms with Crippen molar-refractivity contribution in [3.05, 3.63) is 29.8 Å². The number of thioether (sulfide) groups is 1. The maximum Gasteiger partial charge on any atom is 0.416 e. The molecule has 118 valence electrons. The first-order valence-corrected chi connectivity index (χ1v) is 7.90. The van der Waals surface area contributed by atoms with Gasteiger partial charge in [0.1, 0.15) is 18.5 Å². The molecule has 21 heavy (non-hydrogen) atoms. The lowest BCUT2D eigenvalue weighted by Crippen LogP contribution is -2.38. The quantitative estimate of drug-likeness (QED) is 0.845. The van der Waals surface area contributed by atoms with Crippen LogP contribution in [-0.4, -0.2) is 41.9 Å². The van der Waals surface area contributed by atoms with Gasteiger partial charge in [-0.05, 0) is 30.4 Å². The van der Waals surface area contributed by atoms with Gasteiger partial charge in [0.25, 0.3) is 0 Å². The molecule has 1 heterocycles. The Bertz CT molecular complexity index is 450. The van der Waals surface area contributed by atoms with Crippen LogP contribution < -0.4 is 10.1 Å². The monoisotopic (exact) mass is 321 g/mol. The van der Waals surface area contributed by atoms with Gasteiger partial charge in [-0.2, -0.15) is 24.9 Å². The molecule has 1 aromatic rings. The molecule has 2 unspecified atom stereocenters. The third kappa shape index (κ3) is 5.41. The van der Waals surface area contributed by atoms with Crippen molar-refractivity contribution in [2.45, 2.75) is 24.7 Å². The van der Waals surface area contributed by atoms with Gasteiger partial charge in [0, 0.05) is 18.3 Å². The Labute approximate surface area is 125 Å². The molecule has 0 spiro atoms. The SMILES string of the molecule is OC(CNC1CCSC1)COc1cccc(C(F)(F)F)c1. The highest BCUT2D eigenvalue weighted by Gasteiger charge is 2.30. The molecule has 0 saturated carbocycles. The molecule has 2 rings (SSSR count). The van der Waals surface area contributed by atoms with Crippen LogP contribution in [0, 0.1) is 0 Å². The Morgan fingerprint density at radius 2 is 2.24 bits per heavy atom. The van der Waals surface area contributed by atoms with Crippen molar-refractivity contribution in [2.75, 3.05) is 24.7 Å². The van der Waals surface area contributed by atoms with E-state index in [2.05, 4.69) is 5.32 Å². The van der Waals surface area contributed by atoms with E-state index >= 15 is 0 Å². The van der Waals surface area contributed by atoms with Gasteiger partial charge in [-0.1, -0.05) is 6.07 Å². The number of hydrogen-bond donors (Lipinski definition) is 2. The molecule has 2 N–H and O–H groups in total. The fraction of sp³-hybridized carbons (Fsp3) is 0.571. The van der Waals surface area contributed by atoms with Crippen molar-refractivity contribution in [3.8, 4) is 5.75 Å². The lowest BCUT2D eigenvalue weighted by molar-refractivity contribution is -0.137. The van der Waals surface area contributed by atoms with Crippen molar-refractivity contribution < 1.29 is 23.0 Å². The fourth-order valence-electron chi connectivity index (χ4n) is 2.01. The Hall–Kier alpha value is -0.920. The van der Waals surface area contributed by atoms with E-state index in [9.17, 15) is 18.3 Å². The number of benzene rings is 1. The lowest BCUT2D eigenvalue weighted by Gasteiger charge is -2.17. The summed E-state index contributed by atoms with van der Waals surface area (Å²) in [4.78, 5) is 0. The topological polar surface area (TPSA) is 41.5 Å². The zero-order valence-electron chi connectivity index (χ0n) is 11.4. The van der Waals surface area contributed by atoms with Crippen LogP contribution >= 0.6 is 11.8 Å². The number of alkyl halides is 3. The molecule has 0 bridgehead atoms. The van der Waals surface area contributed by atoms with Gasteiger partial charge in [0.15, 0.2) is 0 Å². The standard InChI is InChI=1S/C14H18F3NO2S/c15-14(16,17)10-2-1-3-13(6-10)20-8-12(19)7-18-11-4-5-21-9-11/h1-3,6,11-12,18-19H,4-5,7-9H2. The average molecular weight is 321 g/mol. The van der Waals surface area contributed by atoms with Gasteiger partial charge in [-0.3, -0.25) is 0 Å². The number of nitrogens with one attached hydrogen (secondary N) is 1. The van der Waals surface area contributed by atoms with E-state index in [-0.39, 0.29) is 12.4 Å². The van der Waals surface area contributed by atoms with Crippen LogP contribution in [0.2, 0.25) is 0 Å². The molecular formula is C14H18F3NO2S. The zero-order chi connectivity index (χ0) is 15.3. The minimum atomic E-state index is -4.39. The van der Waals surface area contributed by atoms with Crippen molar-refractivity contribution in [1.29, 1.82) is 0 Å². The Kier molecular flexibility index (Phi) is 5.78. The summed E-state index contributed by atoms with van der Waals surface area (Å²) in [6.45, 7) is 0.346. The first kappa shape index (κ1) is 16.5. The van der Waals surface area contributed by atoms with Crippen LogP contribution in [0.4, 0.5) is 13.2 Å². The van der Waals surface area contributed by atoms with Gasteiger partial charge in [-0.25, -0.2) is 0 Å². The summed E-state index contributed by atoms with van der Waals surface area (Å²) < 4.78 is 42.9. The van der Waals surface area contributed by atoms with Gasteiger partial charge < -0.3 is 15.2 Å². The third-order valence-corrected chi connectivity index (χ3v) is 4.34. The van der Waals surface area contributed by atoms with Crippen LogP contribution in [0.15, 0.2) is 24.3 Å². The smallest absolute Gasteiger partial charge is 0.416 e. The molecule has 1 aliphatic rings. The Morgan fingerprint density at radius 3 is 2.90 bits per heavy atom. The summed E-state index contributed by atoms with van der Waals surface area (Å²) in [6.07, 6.45) is -4.06. The molecule has 1 saturated heterocycles. The van der Waals surface area contributed by atoms with Gasteiger partial charge in [0.05, 0.1) is 5.56 Å². The van der Waals surface area contributed by atoms with Gasteiger partial charge >= 0.3 is 6.18 Å². The molecule has 1 fully saturated rings. The van der Waals surface area contributed by atoms with E-state index in [1.165, 1.54) is 12.1 Å². The molecular weight excluding hydrogens is 303 g/mol. The predicted molar refractivity (Wildman–Crippen MR) is 76.7 cm³/mol. The Morgan fingerprint density at radius 1 is 1.43 bits per heavy atom. The molecule has 0 aromatic heterocycles. The minimum Gasteiger partial charge on any atom is -0.491 e. The number of ether oxygens (including phenoxy) is 1. The fourth-order valence-corrected chi connectivity index (χ4v) is 3.20. The van der Waals surface area contributed by atoms with Crippen LogP contribution in [0.5, 0.6) is 5.75 Å². The number of halogens is 3. The second-order valence-corrected chi connectivity index (χ2v) is 6.11. The van der Waals surface area contributed by atoms with Crippen molar-refractivity contribution in [3.63, 3.8) is 0 Å². The van der Waals surface area contributed by atoms with Crippen molar-refractivity contribution in [1.82, 2.24) is 5.32 Å². The highest BCUT2D eigenvalue weighted by molar-refractivity contribution is 7.99. The Balaban J connectivity index is 1.76. The summed E-state index contributed by atoms with van der Waals surface area (Å²) >= 11 is 1.87. The van der Waals surface area contributed by atoms with Crippen LogP contribution in [0.1, 0.15) is 12.0 Å². The maximum atomic E-state index is 12.5. The molecule has 0 amide bonds. The minimum absolute atomic E-state index is 0.0336. The summed E-state index contributed by atoms with van der Waals surface area (Å²) in [5.74, 6) is 2.26. The molecule has 3 nitrogen and oxygen atoms in total. The average Bonchev–Trinajstić information content (AvgIpc) is 2.95. The van der Waals surface area contributed by atoms with Crippen LogP contribution in [-0.2, 0) is 6.18 Å². The zero-order valence-corrected chi connectivity index (χ0v) is 12.2. The van der Waals surface area contributed by atoms with Crippen LogP contribution in [0.3, 0.4) is 0 Å². The molecule has 1 aliphatic heterocycles. The number of aliphatic hydroxyl groups excluding tert-OH is 1. The molecule has 1 aromatic carbocycles. The molecule has 7 heteroatoms. The highest BCUT2D eigenvalue weighted by atomic mass is 32.2. The number of rotatable bonds is 6. The summed E-state index contributed by atoms with van der Waals surface area (Å²) in [5, 5.41) is 13.0. The first-order valence-electron chi connectivity index (χ1n) is 6.74. The maximum absolute atomic E-state index is 12.5. The van der Waals surface area contributed by atoms with E-state index < -0.39 is 17.8 Å². The predicted octanol–water partition coefficient (Wildman–Crippen LogP) is 2.54. The summed E-state index contributed by atoms with van der Waals surface area (Å²) in [6, 6.07) is 5.07. The second-order valence-electron chi connectivity index (χ2n) is 4.96. The second kappa shape index (κ2) is 7.38. The lowest BCUT2D eigenvalue weighted by atomic mass is 10.2. The largest absolute Gasteiger partial charge is 0.491 e. The van der Waals surface area contributed by atoms with E-state index in [1.807, 2.05) is 11.8 Å². The molecule has 2 atom stereocenters. The molecule has 0 radical (unpaired) electrons. The van der Waals surface area contributed by atoms with E-state index in [1.54, 1.807) is 0 Å². The number of hydrogen-bond acceptors (Lipinski definition) is 4. The van der Waals surface area contributed by atoms with Gasteiger partial charge in [0.2, 0.25) is 0 Å². The van der Waals surface area contributed by atoms with Crippen LogP contribution in [0.25, 0.3) is 0 Å². The summed E-state index contributed by atoms with van der Waals surface area (Å²) in [5.41, 5.74) is -0.754. The molecule has 0 aliphatic carbocycles. The van der Waals surface area contributed by atoms with Crippen molar-refractivity contribution in [2.24, 2.45) is 0 Å². The van der Waals surface area contributed by atoms with Crippen molar-refractivity contribution >= 4 is 11.8 Å². The first-order chi connectivity index (χ1) is 9.95.